The minimum atomic E-state index is -4.64. The molecule has 0 aliphatic heterocycles. The van der Waals surface area contributed by atoms with Crippen molar-refractivity contribution in [2.24, 2.45) is 0 Å². The normalized spacial score (nSPS) is 13.6. The standard InChI is InChI=1S/C72H132NO8P/c1-6-8-10-12-14-16-18-20-22-24-26-28-29-30-31-32-33-34-35-36-37-38-39-40-41-42-43-45-47-49-51-53-55-57-59-61-63-65-72(75)81-70(69-80-82(76,77)79-67-66-73(3,4)5)68-78-71(74)64-62-60-58-56-54-52-50-48-46-44-27-25-23-21-19-17-15-13-11-9-7-2/h18-21,24-27,29-30,46,48,70H,6-17,22-23,28,31-45,47,49-69H2,1-5H3/b20-18-,21-19-,26-24-,27-25-,30-29-,48-46-. The average Bonchev–Trinajstić information content (AvgIpc) is 3.46. The lowest BCUT2D eigenvalue weighted by Crippen LogP contribution is -2.37. The van der Waals surface area contributed by atoms with Gasteiger partial charge in [-0.15, -0.1) is 0 Å². The molecule has 0 radical (unpaired) electrons. The van der Waals surface area contributed by atoms with Crippen molar-refractivity contribution in [3.8, 4) is 0 Å². The molecule has 478 valence electrons. The Morgan fingerprint density at radius 3 is 0.976 bits per heavy atom. The number of ether oxygens (including phenoxy) is 2. The fourth-order valence-corrected chi connectivity index (χ4v) is 10.6. The van der Waals surface area contributed by atoms with E-state index in [2.05, 4.69) is 86.8 Å². The number of allylic oxidation sites excluding steroid dienone is 12. The molecule has 0 aliphatic rings. The summed E-state index contributed by atoms with van der Waals surface area (Å²) < 4.78 is 34.3. The van der Waals surface area contributed by atoms with E-state index >= 15 is 0 Å². The van der Waals surface area contributed by atoms with Crippen molar-refractivity contribution < 1.29 is 42.1 Å². The lowest BCUT2D eigenvalue weighted by molar-refractivity contribution is -0.870. The first-order valence-corrected chi connectivity index (χ1v) is 36.1. The summed E-state index contributed by atoms with van der Waals surface area (Å²) in [5.74, 6) is -0.837. The van der Waals surface area contributed by atoms with E-state index in [-0.39, 0.29) is 26.1 Å². The van der Waals surface area contributed by atoms with Gasteiger partial charge in [-0.3, -0.25) is 14.2 Å². The fourth-order valence-electron chi connectivity index (χ4n) is 9.85. The van der Waals surface area contributed by atoms with Crippen LogP contribution in [0.4, 0.5) is 0 Å². The molecule has 0 N–H and O–H groups in total. The molecule has 0 heterocycles. The number of quaternary nitrogens is 1. The van der Waals surface area contributed by atoms with Gasteiger partial charge in [0.25, 0.3) is 7.82 Å². The SMILES string of the molecule is CCCCCCC/C=C\C/C=C\C/C=C\CCCCCCCCCCCCCCCCCCCCCCCCC(=O)OC(COC(=O)CCCCCCCC/C=C\C/C=C\C/C=C\CCCCCCC)COP(=O)([O-])OCC[N+](C)(C)C. The highest BCUT2D eigenvalue weighted by atomic mass is 31.2. The molecule has 0 aromatic rings. The van der Waals surface area contributed by atoms with Crippen molar-refractivity contribution in [2.45, 2.75) is 328 Å². The van der Waals surface area contributed by atoms with Crippen molar-refractivity contribution >= 4 is 19.8 Å². The van der Waals surface area contributed by atoms with Gasteiger partial charge in [0.05, 0.1) is 27.7 Å². The molecule has 2 atom stereocenters. The highest BCUT2D eigenvalue weighted by molar-refractivity contribution is 7.45. The number of carbonyl (C=O) groups is 2. The van der Waals surface area contributed by atoms with Crippen molar-refractivity contribution in [2.75, 3.05) is 47.5 Å². The molecule has 0 aliphatic carbocycles. The number of esters is 2. The smallest absolute Gasteiger partial charge is 0.306 e. The summed E-state index contributed by atoms with van der Waals surface area (Å²) in [6.07, 6.45) is 84.1. The summed E-state index contributed by atoms with van der Waals surface area (Å²) in [5.41, 5.74) is 0. The molecule has 0 amide bonds. The van der Waals surface area contributed by atoms with Gasteiger partial charge >= 0.3 is 11.9 Å². The Morgan fingerprint density at radius 2 is 0.659 bits per heavy atom. The van der Waals surface area contributed by atoms with Crippen LogP contribution in [0.3, 0.4) is 0 Å². The highest BCUT2D eigenvalue weighted by Gasteiger charge is 2.22. The van der Waals surface area contributed by atoms with Gasteiger partial charge in [0, 0.05) is 12.8 Å². The summed E-state index contributed by atoms with van der Waals surface area (Å²) in [4.78, 5) is 38.0. The second kappa shape index (κ2) is 63.0. The van der Waals surface area contributed by atoms with Crippen molar-refractivity contribution in [1.82, 2.24) is 0 Å². The zero-order chi connectivity index (χ0) is 59.8. The first-order chi connectivity index (χ1) is 40.0. The third kappa shape index (κ3) is 66.6. The van der Waals surface area contributed by atoms with Crippen LogP contribution in [0.1, 0.15) is 322 Å². The molecule has 10 heteroatoms. The van der Waals surface area contributed by atoms with Crippen LogP contribution >= 0.6 is 7.82 Å². The van der Waals surface area contributed by atoms with E-state index in [9.17, 15) is 19.0 Å². The Balaban J connectivity index is 4.00. The van der Waals surface area contributed by atoms with E-state index in [1.54, 1.807) is 0 Å². The van der Waals surface area contributed by atoms with Crippen LogP contribution in [0.2, 0.25) is 0 Å². The third-order valence-corrected chi connectivity index (χ3v) is 16.2. The molecule has 9 nitrogen and oxygen atoms in total. The quantitative estimate of drug-likeness (QED) is 0.0195. The van der Waals surface area contributed by atoms with Crippen LogP contribution in [-0.4, -0.2) is 70.0 Å². The Morgan fingerprint density at radius 1 is 0.378 bits per heavy atom. The molecule has 0 saturated heterocycles. The average molecular weight is 1170 g/mol. The van der Waals surface area contributed by atoms with Crippen molar-refractivity contribution in [1.29, 1.82) is 0 Å². The van der Waals surface area contributed by atoms with Crippen LogP contribution in [-0.2, 0) is 32.7 Å². The van der Waals surface area contributed by atoms with Gasteiger partial charge in [0.1, 0.15) is 19.8 Å². The zero-order valence-corrected chi connectivity index (χ0v) is 55.3. The maximum absolute atomic E-state index is 12.9. The number of rotatable bonds is 64. The maximum atomic E-state index is 12.9. The maximum Gasteiger partial charge on any atom is 0.306 e. The minimum absolute atomic E-state index is 0.0339. The number of phosphoric acid groups is 1. The summed E-state index contributed by atoms with van der Waals surface area (Å²) in [6, 6.07) is 0. The number of likely N-dealkylation sites (N-methyl/N-ethyl adjacent to an activating group) is 1. The summed E-state index contributed by atoms with van der Waals surface area (Å²) in [6.45, 7) is 4.24. The predicted octanol–water partition coefficient (Wildman–Crippen LogP) is 21.8. The Hall–Kier alpha value is -2.55. The molecule has 0 aromatic carbocycles. The van der Waals surface area contributed by atoms with Crippen LogP contribution in [0.15, 0.2) is 72.9 Å². The van der Waals surface area contributed by atoms with E-state index in [1.165, 1.54) is 212 Å². The largest absolute Gasteiger partial charge is 0.756 e. The Kier molecular flexibility index (Phi) is 61.0. The Bertz CT molecular complexity index is 1610. The number of phosphoric ester groups is 1. The summed E-state index contributed by atoms with van der Waals surface area (Å²) in [7, 11) is 1.16. The zero-order valence-electron chi connectivity index (χ0n) is 54.4. The Labute approximate surface area is 508 Å². The molecule has 82 heavy (non-hydrogen) atoms. The van der Waals surface area contributed by atoms with Crippen LogP contribution < -0.4 is 4.89 Å². The third-order valence-electron chi connectivity index (χ3n) is 15.2. The van der Waals surface area contributed by atoms with E-state index in [4.69, 9.17) is 18.5 Å². The topological polar surface area (TPSA) is 111 Å². The lowest BCUT2D eigenvalue weighted by Gasteiger charge is -2.28. The second-order valence-corrected chi connectivity index (χ2v) is 25.9. The first kappa shape index (κ1) is 79.5. The molecular weight excluding hydrogens is 1040 g/mol. The number of nitrogens with zero attached hydrogens (tertiary/aromatic N) is 1. The van der Waals surface area contributed by atoms with E-state index in [0.29, 0.717) is 23.9 Å². The lowest BCUT2D eigenvalue weighted by atomic mass is 10.0. The van der Waals surface area contributed by atoms with Gasteiger partial charge < -0.3 is 27.9 Å². The van der Waals surface area contributed by atoms with E-state index < -0.39 is 32.5 Å². The fraction of sp³-hybridized carbons (Fsp3) is 0.806. The molecule has 0 saturated carbocycles. The van der Waals surface area contributed by atoms with Gasteiger partial charge in [-0.2, -0.15) is 0 Å². The van der Waals surface area contributed by atoms with Crippen LogP contribution in [0.25, 0.3) is 0 Å². The van der Waals surface area contributed by atoms with Crippen molar-refractivity contribution in [3.05, 3.63) is 72.9 Å². The number of carbonyl (C=O) groups excluding carboxylic acids is 2. The second-order valence-electron chi connectivity index (χ2n) is 24.5. The van der Waals surface area contributed by atoms with Gasteiger partial charge in [0.15, 0.2) is 6.10 Å². The number of hydrogen-bond donors (Lipinski definition) is 0. The van der Waals surface area contributed by atoms with Gasteiger partial charge in [-0.25, -0.2) is 0 Å². The molecular formula is C72H132NO8P. The molecule has 2 unspecified atom stereocenters. The number of unbranched alkanes of at least 4 members (excludes halogenated alkanes) is 38. The van der Waals surface area contributed by atoms with Crippen LogP contribution in [0, 0.1) is 0 Å². The highest BCUT2D eigenvalue weighted by Crippen LogP contribution is 2.38. The van der Waals surface area contributed by atoms with Crippen LogP contribution in [0.5, 0.6) is 0 Å². The molecule has 0 rings (SSSR count). The summed E-state index contributed by atoms with van der Waals surface area (Å²) >= 11 is 0. The number of hydrogen-bond acceptors (Lipinski definition) is 8. The minimum Gasteiger partial charge on any atom is -0.756 e. The molecule has 0 fully saturated rings. The van der Waals surface area contributed by atoms with E-state index in [1.807, 2.05) is 21.1 Å². The summed E-state index contributed by atoms with van der Waals surface area (Å²) in [5, 5.41) is 0. The molecule has 0 spiro atoms. The monoisotopic (exact) mass is 1170 g/mol. The van der Waals surface area contributed by atoms with Gasteiger partial charge in [-0.1, -0.05) is 292 Å². The van der Waals surface area contributed by atoms with Crippen molar-refractivity contribution in [3.63, 3.8) is 0 Å². The molecule has 0 bridgehead atoms. The molecule has 0 aromatic heterocycles. The van der Waals surface area contributed by atoms with Gasteiger partial charge in [-0.05, 0) is 89.9 Å². The van der Waals surface area contributed by atoms with E-state index in [0.717, 1.165) is 70.6 Å². The predicted molar refractivity (Wildman–Crippen MR) is 351 cm³/mol. The van der Waals surface area contributed by atoms with Gasteiger partial charge in [0.2, 0.25) is 0 Å². The first-order valence-electron chi connectivity index (χ1n) is 34.6.